The number of rotatable bonds is 0. The van der Waals surface area contributed by atoms with Gasteiger partial charge in [-0.15, -0.1) is 0 Å². The second-order valence-corrected chi connectivity index (χ2v) is 3.17. The van der Waals surface area contributed by atoms with Crippen molar-refractivity contribution in [2.75, 3.05) is 0 Å². The van der Waals surface area contributed by atoms with Gasteiger partial charge in [-0.3, -0.25) is 0 Å². The predicted molar refractivity (Wildman–Crippen MR) is 33.5 cm³/mol. The fourth-order valence-electron chi connectivity index (χ4n) is 0.700. The van der Waals surface area contributed by atoms with Crippen LogP contribution < -0.4 is 6.03 Å². The first-order valence-corrected chi connectivity index (χ1v) is 4.69. The van der Waals surface area contributed by atoms with Gasteiger partial charge in [0.15, 0.2) is 0 Å². The number of hydrogen-bond donors (Lipinski definition) is 0. The van der Waals surface area contributed by atoms with E-state index < -0.39 is 22.5 Å². The molecule has 1 aliphatic heterocycles. The molecule has 1 aromatic rings. The number of benzene rings is 1. The van der Waals surface area contributed by atoms with Crippen LogP contribution in [0.2, 0.25) is 0 Å². The Morgan fingerprint density at radius 2 is 1.56 bits per heavy atom. The SMILES string of the molecule is c1ccc2c(c1)[O][Sb][O]2. The van der Waals surface area contributed by atoms with E-state index in [0.29, 0.717) is 0 Å². The first-order valence-electron chi connectivity index (χ1n) is 2.60. The van der Waals surface area contributed by atoms with Gasteiger partial charge < -0.3 is 0 Å². The van der Waals surface area contributed by atoms with Crippen LogP contribution in [0.15, 0.2) is 24.3 Å². The van der Waals surface area contributed by atoms with Crippen molar-refractivity contribution in [3.63, 3.8) is 0 Å². The van der Waals surface area contributed by atoms with E-state index in [1.165, 1.54) is 0 Å². The van der Waals surface area contributed by atoms with E-state index in [9.17, 15) is 0 Å². The molecule has 0 aromatic heterocycles. The van der Waals surface area contributed by atoms with Gasteiger partial charge in [0.25, 0.3) is 0 Å². The molecule has 2 nitrogen and oxygen atoms in total. The Morgan fingerprint density at radius 3 is 2.11 bits per heavy atom. The fraction of sp³-hybridized carbons (Fsp3) is 0. The maximum atomic E-state index is 5.23. The Morgan fingerprint density at radius 1 is 1.00 bits per heavy atom. The van der Waals surface area contributed by atoms with E-state index in [2.05, 4.69) is 0 Å². The van der Waals surface area contributed by atoms with Gasteiger partial charge in [0.05, 0.1) is 0 Å². The molecule has 0 fully saturated rings. The van der Waals surface area contributed by atoms with E-state index in [4.69, 9.17) is 6.03 Å². The third-order valence-corrected chi connectivity index (χ3v) is 2.67. The topological polar surface area (TPSA) is 18.5 Å². The quantitative estimate of drug-likeness (QED) is 0.618. The van der Waals surface area contributed by atoms with Crippen LogP contribution in [0.25, 0.3) is 0 Å². The number of hydrogen-bond acceptors (Lipinski definition) is 2. The van der Waals surface area contributed by atoms with Crippen molar-refractivity contribution < 1.29 is 6.03 Å². The molecule has 1 aromatic carbocycles. The van der Waals surface area contributed by atoms with E-state index in [0.717, 1.165) is 11.5 Å². The minimum atomic E-state index is -0.796. The molecule has 0 saturated heterocycles. The molecule has 0 amide bonds. The molecule has 1 radical (unpaired) electrons. The van der Waals surface area contributed by atoms with E-state index >= 15 is 0 Å². The normalized spacial score (nSPS) is 13.8. The Hall–Kier alpha value is -0.362. The van der Waals surface area contributed by atoms with Gasteiger partial charge in [0.1, 0.15) is 0 Å². The zero-order chi connectivity index (χ0) is 6.10. The molecule has 1 aliphatic rings. The van der Waals surface area contributed by atoms with Crippen molar-refractivity contribution in [3.8, 4) is 11.5 Å². The van der Waals surface area contributed by atoms with Crippen molar-refractivity contribution >= 4 is 22.5 Å². The first-order chi connectivity index (χ1) is 4.47. The third kappa shape index (κ3) is 0.877. The molecule has 0 N–H and O–H groups in total. The zero-order valence-corrected chi connectivity index (χ0v) is 7.13. The van der Waals surface area contributed by atoms with Gasteiger partial charge in [-0.25, -0.2) is 0 Å². The molecular formula is C6H4O2Sb. The second kappa shape index (κ2) is 2.11. The third-order valence-electron chi connectivity index (χ3n) is 1.12. The van der Waals surface area contributed by atoms with E-state index in [1.54, 1.807) is 0 Å². The molecule has 9 heavy (non-hydrogen) atoms. The van der Waals surface area contributed by atoms with Crippen LogP contribution in [0.3, 0.4) is 0 Å². The Kier molecular flexibility index (Phi) is 1.27. The molecule has 0 aliphatic carbocycles. The summed E-state index contributed by atoms with van der Waals surface area (Å²) in [5, 5.41) is 0. The van der Waals surface area contributed by atoms with Crippen LogP contribution in [-0.2, 0) is 0 Å². The Labute approximate surface area is 64.4 Å². The molecule has 1 heterocycles. The average Bonchev–Trinajstić information content (AvgIpc) is 2.33. The Balaban J connectivity index is 2.54. The van der Waals surface area contributed by atoms with Gasteiger partial charge in [-0.1, -0.05) is 0 Å². The molecule has 0 saturated carbocycles. The zero-order valence-electron chi connectivity index (χ0n) is 4.57. The van der Waals surface area contributed by atoms with Crippen LogP contribution in [0.1, 0.15) is 0 Å². The number of para-hydroxylation sites is 2. The molecule has 45 valence electrons. The second-order valence-electron chi connectivity index (χ2n) is 1.70. The summed E-state index contributed by atoms with van der Waals surface area (Å²) in [4.78, 5) is 0. The maximum absolute atomic E-state index is 5.23. The van der Waals surface area contributed by atoms with Gasteiger partial charge in [0.2, 0.25) is 0 Å². The monoisotopic (exact) mass is 229 g/mol. The van der Waals surface area contributed by atoms with Gasteiger partial charge in [0, 0.05) is 0 Å². The standard InChI is InChI=1S/C6H6O2.Sb/c7-5-3-1-2-4-6(5)8;/h1-4,7-8H;/q;+2/p-2. The van der Waals surface area contributed by atoms with Crippen molar-refractivity contribution in [2.24, 2.45) is 0 Å². The van der Waals surface area contributed by atoms with Crippen LogP contribution in [0.4, 0.5) is 0 Å². The van der Waals surface area contributed by atoms with Crippen molar-refractivity contribution in [1.29, 1.82) is 0 Å². The van der Waals surface area contributed by atoms with Gasteiger partial charge in [-0.05, 0) is 0 Å². The summed E-state index contributed by atoms with van der Waals surface area (Å²) in [6.45, 7) is 0. The molecule has 0 bridgehead atoms. The van der Waals surface area contributed by atoms with Crippen molar-refractivity contribution in [3.05, 3.63) is 24.3 Å². The van der Waals surface area contributed by atoms with Crippen LogP contribution >= 0.6 is 0 Å². The minimum absolute atomic E-state index is 0.796. The summed E-state index contributed by atoms with van der Waals surface area (Å²) in [6.07, 6.45) is 0. The summed E-state index contributed by atoms with van der Waals surface area (Å²) >= 11 is -0.796. The molecule has 3 heteroatoms. The summed E-state index contributed by atoms with van der Waals surface area (Å²) in [5.41, 5.74) is 0. The molecule has 2 rings (SSSR count). The molecule has 0 unspecified atom stereocenters. The fourth-order valence-corrected chi connectivity index (χ4v) is 2.13. The summed E-state index contributed by atoms with van der Waals surface area (Å²) in [7, 11) is 0. The summed E-state index contributed by atoms with van der Waals surface area (Å²) in [5.74, 6) is 1.82. The molecule has 0 atom stereocenters. The Bertz CT molecular complexity index is 201. The van der Waals surface area contributed by atoms with E-state index in [-0.39, 0.29) is 0 Å². The summed E-state index contributed by atoms with van der Waals surface area (Å²) < 4.78 is 10.5. The first kappa shape index (κ1) is 5.43. The van der Waals surface area contributed by atoms with E-state index in [1.807, 2.05) is 24.3 Å². The predicted octanol–water partition coefficient (Wildman–Crippen LogP) is 0.992. The van der Waals surface area contributed by atoms with Gasteiger partial charge >= 0.3 is 64.3 Å². The van der Waals surface area contributed by atoms with Crippen molar-refractivity contribution in [2.45, 2.75) is 0 Å². The van der Waals surface area contributed by atoms with Crippen LogP contribution in [-0.4, -0.2) is 22.5 Å². The summed E-state index contributed by atoms with van der Waals surface area (Å²) in [6, 6.07) is 7.75. The van der Waals surface area contributed by atoms with Crippen LogP contribution in [0.5, 0.6) is 11.5 Å². The number of fused-ring (bicyclic) bond motifs is 1. The molecule has 0 spiro atoms. The van der Waals surface area contributed by atoms with Crippen LogP contribution in [0, 0.1) is 0 Å². The van der Waals surface area contributed by atoms with Crippen molar-refractivity contribution in [1.82, 2.24) is 0 Å². The average molecular weight is 230 g/mol. The molecular weight excluding hydrogens is 226 g/mol. The van der Waals surface area contributed by atoms with Gasteiger partial charge in [-0.2, -0.15) is 0 Å².